The van der Waals surface area contributed by atoms with E-state index in [0.717, 1.165) is 0 Å². The number of methoxy groups -OCH3 is 1. The number of anilines is 2. The Bertz CT molecular complexity index is 348. The minimum absolute atomic E-state index is 0.269. The van der Waals surface area contributed by atoms with E-state index in [0.29, 0.717) is 17.1 Å². The molecule has 0 aliphatic heterocycles. The maximum Gasteiger partial charge on any atom is 0.265 e. The molecule has 0 aliphatic carbocycles. The highest BCUT2D eigenvalue weighted by molar-refractivity contribution is 5.68. The van der Waals surface area contributed by atoms with E-state index in [1.54, 1.807) is 18.2 Å². The highest BCUT2D eigenvalue weighted by Crippen LogP contribution is 2.24. The molecule has 0 radical (unpaired) electrons. The van der Waals surface area contributed by atoms with E-state index in [1.165, 1.54) is 7.11 Å². The molecule has 0 spiro atoms. The molecule has 1 atom stereocenters. The van der Waals surface area contributed by atoms with Gasteiger partial charge in [-0.1, -0.05) is 0 Å². The van der Waals surface area contributed by atoms with Crippen molar-refractivity contribution in [2.45, 2.75) is 12.5 Å². The molecule has 16 heavy (non-hydrogen) atoms. The fraction of sp³-hybridized carbons (Fsp3) is 0.400. The van der Waals surface area contributed by atoms with Crippen molar-refractivity contribution in [3.63, 3.8) is 0 Å². The molecular weight excluding hydrogens is 218 g/mol. The van der Waals surface area contributed by atoms with E-state index in [-0.39, 0.29) is 6.54 Å². The van der Waals surface area contributed by atoms with Crippen LogP contribution in [0.2, 0.25) is 0 Å². The highest BCUT2D eigenvalue weighted by Gasteiger charge is 2.16. The predicted octanol–water partition coefficient (Wildman–Crippen LogP) is 1.32. The monoisotopic (exact) mass is 232 g/mol. The number of aliphatic hydroxyl groups excluding tert-OH is 1. The van der Waals surface area contributed by atoms with Gasteiger partial charge in [0.25, 0.3) is 6.43 Å². The number of halogens is 2. The summed E-state index contributed by atoms with van der Waals surface area (Å²) in [5, 5.41) is 11.6. The largest absolute Gasteiger partial charge is 0.497 e. The second kappa shape index (κ2) is 5.50. The van der Waals surface area contributed by atoms with Crippen molar-refractivity contribution in [3.05, 3.63) is 18.2 Å². The van der Waals surface area contributed by atoms with Crippen LogP contribution in [-0.2, 0) is 0 Å². The van der Waals surface area contributed by atoms with Crippen LogP contribution in [0.3, 0.4) is 0 Å². The lowest BCUT2D eigenvalue weighted by Crippen LogP contribution is -2.27. The molecule has 1 rings (SSSR count). The molecule has 90 valence electrons. The molecule has 0 amide bonds. The average Bonchev–Trinajstić information content (AvgIpc) is 2.27. The Balaban J connectivity index is 2.65. The number of alkyl halides is 2. The molecule has 6 heteroatoms. The minimum Gasteiger partial charge on any atom is -0.497 e. The van der Waals surface area contributed by atoms with Gasteiger partial charge < -0.3 is 20.9 Å². The van der Waals surface area contributed by atoms with Crippen LogP contribution in [0.25, 0.3) is 0 Å². The first-order valence-corrected chi connectivity index (χ1v) is 4.68. The molecule has 0 saturated heterocycles. The lowest BCUT2D eigenvalue weighted by molar-refractivity contribution is 0.00385. The Morgan fingerprint density at radius 1 is 1.50 bits per heavy atom. The van der Waals surface area contributed by atoms with Crippen LogP contribution in [0.4, 0.5) is 20.2 Å². The number of hydrogen-bond donors (Lipinski definition) is 3. The molecule has 0 fully saturated rings. The average molecular weight is 232 g/mol. The van der Waals surface area contributed by atoms with Crippen LogP contribution >= 0.6 is 0 Å². The Kier molecular flexibility index (Phi) is 4.30. The first kappa shape index (κ1) is 12.5. The Labute approximate surface area is 92.0 Å². The number of nitrogens with one attached hydrogen (secondary N) is 1. The number of aliphatic hydroxyl groups is 1. The lowest BCUT2D eigenvalue weighted by atomic mass is 10.2. The second-order valence-electron chi connectivity index (χ2n) is 3.24. The molecule has 1 aromatic rings. The zero-order valence-electron chi connectivity index (χ0n) is 8.78. The zero-order chi connectivity index (χ0) is 12.1. The van der Waals surface area contributed by atoms with E-state index < -0.39 is 12.5 Å². The van der Waals surface area contributed by atoms with Gasteiger partial charge in [0.1, 0.15) is 11.9 Å². The quantitative estimate of drug-likeness (QED) is 0.670. The number of nitrogen functional groups attached to an aromatic ring is 1. The number of benzene rings is 1. The molecule has 0 saturated carbocycles. The summed E-state index contributed by atoms with van der Waals surface area (Å²) in [5.74, 6) is 0.559. The van der Waals surface area contributed by atoms with Gasteiger partial charge in [-0.3, -0.25) is 0 Å². The number of ether oxygens (including phenoxy) is 1. The Hall–Kier alpha value is -1.56. The van der Waals surface area contributed by atoms with Crippen molar-refractivity contribution in [2.24, 2.45) is 0 Å². The van der Waals surface area contributed by atoms with Crippen LogP contribution in [0.5, 0.6) is 5.75 Å². The third kappa shape index (κ3) is 3.23. The smallest absolute Gasteiger partial charge is 0.265 e. The van der Waals surface area contributed by atoms with Crippen molar-refractivity contribution in [2.75, 3.05) is 24.7 Å². The van der Waals surface area contributed by atoms with Crippen LogP contribution in [0, 0.1) is 0 Å². The molecule has 0 aliphatic rings. The van der Waals surface area contributed by atoms with Crippen molar-refractivity contribution in [1.29, 1.82) is 0 Å². The van der Waals surface area contributed by atoms with Crippen molar-refractivity contribution in [1.82, 2.24) is 0 Å². The summed E-state index contributed by atoms with van der Waals surface area (Å²) >= 11 is 0. The molecule has 0 heterocycles. The van der Waals surface area contributed by atoms with Crippen LogP contribution in [0.1, 0.15) is 0 Å². The normalized spacial score (nSPS) is 12.6. The van der Waals surface area contributed by atoms with Crippen molar-refractivity contribution in [3.8, 4) is 5.75 Å². The van der Waals surface area contributed by atoms with Gasteiger partial charge >= 0.3 is 0 Å². The van der Waals surface area contributed by atoms with Gasteiger partial charge in [-0.25, -0.2) is 8.78 Å². The number of nitrogens with two attached hydrogens (primary N) is 1. The van der Waals surface area contributed by atoms with E-state index >= 15 is 0 Å². The van der Waals surface area contributed by atoms with Gasteiger partial charge in [0, 0.05) is 12.6 Å². The van der Waals surface area contributed by atoms with Crippen molar-refractivity contribution < 1.29 is 18.6 Å². The Morgan fingerprint density at radius 3 is 2.75 bits per heavy atom. The summed E-state index contributed by atoms with van der Waals surface area (Å²) in [6.45, 7) is -0.269. The number of rotatable bonds is 5. The molecule has 0 aromatic heterocycles. The Morgan fingerprint density at radius 2 is 2.19 bits per heavy atom. The molecule has 1 unspecified atom stereocenters. The zero-order valence-corrected chi connectivity index (χ0v) is 8.78. The van der Waals surface area contributed by atoms with Gasteiger partial charge in [0.05, 0.1) is 18.5 Å². The summed E-state index contributed by atoms with van der Waals surface area (Å²) in [5.41, 5.74) is 6.48. The van der Waals surface area contributed by atoms with Crippen LogP contribution in [0.15, 0.2) is 18.2 Å². The van der Waals surface area contributed by atoms with Gasteiger partial charge in [0.2, 0.25) is 0 Å². The maximum atomic E-state index is 12.0. The first-order valence-electron chi connectivity index (χ1n) is 4.68. The molecule has 0 bridgehead atoms. The fourth-order valence-electron chi connectivity index (χ4n) is 1.12. The topological polar surface area (TPSA) is 67.5 Å². The minimum atomic E-state index is -2.78. The predicted molar refractivity (Wildman–Crippen MR) is 57.9 cm³/mol. The highest BCUT2D eigenvalue weighted by atomic mass is 19.3. The molecular formula is C10H14F2N2O2. The van der Waals surface area contributed by atoms with E-state index in [9.17, 15) is 8.78 Å². The molecule has 1 aromatic carbocycles. The first-order chi connectivity index (χ1) is 7.54. The molecule has 4 N–H and O–H groups in total. The summed E-state index contributed by atoms with van der Waals surface area (Å²) in [4.78, 5) is 0. The summed E-state index contributed by atoms with van der Waals surface area (Å²) in [7, 11) is 1.49. The van der Waals surface area contributed by atoms with E-state index in [4.69, 9.17) is 15.6 Å². The summed E-state index contributed by atoms with van der Waals surface area (Å²) in [6.07, 6.45) is -4.50. The standard InChI is InChI=1S/C10H14F2N2O2/c1-16-6-2-3-7(13)8(4-6)14-5-9(15)10(11)12/h2-4,9-10,14-15H,5,13H2,1H3. The van der Waals surface area contributed by atoms with Gasteiger partial charge in [-0.15, -0.1) is 0 Å². The number of hydrogen-bond acceptors (Lipinski definition) is 4. The van der Waals surface area contributed by atoms with E-state index in [2.05, 4.69) is 5.32 Å². The summed E-state index contributed by atoms with van der Waals surface area (Å²) < 4.78 is 29.0. The van der Waals surface area contributed by atoms with Gasteiger partial charge in [-0.2, -0.15) is 0 Å². The SMILES string of the molecule is COc1ccc(N)c(NCC(O)C(F)F)c1. The maximum absolute atomic E-state index is 12.0. The van der Waals surface area contributed by atoms with E-state index in [1.807, 2.05) is 0 Å². The third-order valence-electron chi connectivity index (χ3n) is 2.05. The molecule has 4 nitrogen and oxygen atoms in total. The lowest BCUT2D eigenvalue weighted by Gasteiger charge is -2.14. The summed E-state index contributed by atoms with van der Waals surface area (Å²) in [6, 6.07) is 4.83. The fourth-order valence-corrected chi connectivity index (χ4v) is 1.12. The van der Waals surface area contributed by atoms with Crippen molar-refractivity contribution >= 4 is 11.4 Å². The second-order valence-corrected chi connectivity index (χ2v) is 3.24. The van der Waals surface area contributed by atoms with Crippen LogP contribution in [-0.4, -0.2) is 31.3 Å². The third-order valence-corrected chi connectivity index (χ3v) is 2.05. The van der Waals surface area contributed by atoms with Gasteiger partial charge in [0.15, 0.2) is 0 Å². The van der Waals surface area contributed by atoms with Gasteiger partial charge in [-0.05, 0) is 12.1 Å². The van der Waals surface area contributed by atoms with Crippen LogP contribution < -0.4 is 15.8 Å².